The largest absolute Gasteiger partial charge is 0.488 e. The van der Waals surface area contributed by atoms with Gasteiger partial charge in [0.2, 0.25) is 5.91 Å². The molecule has 2 amide bonds. The van der Waals surface area contributed by atoms with Gasteiger partial charge in [-0.3, -0.25) is 14.6 Å². The van der Waals surface area contributed by atoms with Gasteiger partial charge in [0.25, 0.3) is 5.91 Å². The number of likely N-dealkylation sites (tertiary alicyclic amines) is 1. The van der Waals surface area contributed by atoms with Gasteiger partial charge in [-0.1, -0.05) is 6.07 Å². The third-order valence-electron chi connectivity index (χ3n) is 5.55. The highest BCUT2D eigenvalue weighted by Gasteiger charge is 2.37. The molecule has 2 aliphatic rings. The van der Waals surface area contributed by atoms with E-state index in [1.165, 1.54) is 0 Å². The van der Waals surface area contributed by atoms with Gasteiger partial charge in [0.1, 0.15) is 18.4 Å². The molecule has 0 spiro atoms. The number of nitrogens with one attached hydrogen (secondary N) is 1. The van der Waals surface area contributed by atoms with E-state index in [2.05, 4.69) is 10.3 Å². The van der Waals surface area contributed by atoms with E-state index in [1.54, 1.807) is 17.3 Å². The Morgan fingerprint density at radius 3 is 2.62 bits per heavy atom. The van der Waals surface area contributed by atoms with Crippen molar-refractivity contribution >= 4 is 11.8 Å². The van der Waals surface area contributed by atoms with Crippen LogP contribution < -0.4 is 10.1 Å². The topological polar surface area (TPSA) is 71.5 Å². The first-order valence-electron chi connectivity index (χ1n) is 10.3. The molecule has 2 heterocycles. The highest BCUT2D eigenvalue weighted by atomic mass is 16.5. The molecule has 1 aromatic heterocycles. The minimum atomic E-state index is -0.356. The minimum absolute atomic E-state index is 0.0109. The van der Waals surface area contributed by atoms with Crippen LogP contribution >= 0.6 is 0 Å². The van der Waals surface area contributed by atoms with E-state index in [4.69, 9.17) is 4.74 Å². The molecule has 1 aromatic carbocycles. The van der Waals surface area contributed by atoms with Gasteiger partial charge in [0, 0.05) is 36.1 Å². The molecule has 6 heteroatoms. The standard InChI is InChI=1S/C23H27N3O3/c1-15-11-18(12-16(2)21(15)29-14-17-5-3-9-24-13-17)23(28)26-10-4-6-20(26)22(27)25-19-7-8-19/h3,5,9,11-13,19-20H,4,6-8,10,14H2,1-2H3,(H,25,27). The number of hydrogen-bond acceptors (Lipinski definition) is 4. The number of amides is 2. The van der Waals surface area contributed by atoms with Crippen molar-refractivity contribution in [1.82, 2.24) is 15.2 Å². The average Bonchev–Trinajstić information content (AvgIpc) is 3.38. The van der Waals surface area contributed by atoms with Crippen molar-refractivity contribution in [3.63, 3.8) is 0 Å². The Bertz CT molecular complexity index is 886. The number of rotatable bonds is 6. The molecule has 1 aliphatic carbocycles. The first-order valence-corrected chi connectivity index (χ1v) is 10.3. The van der Waals surface area contributed by atoms with Crippen LogP contribution in [0.15, 0.2) is 36.7 Å². The third-order valence-corrected chi connectivity index (χ3v) is 5.55. The van der Waals surface area contributed by atoms with Gasteiger partial charge in [-0.05, 0) is 68.9 Å². The van der Waals surface area contributed by atoms with Crippen LogP contribution in [0.1, 0.15) is 52.7 Å². The first-order chi connectivity index (χ1) is 14.0. The zero-order valence-electron chi connectivity index (χ0n) is 17.0. The monoisotopic (exact) mass is 393 g/mol. The van der Waals surface area contributed by atoms with Gasteiger partial charge < -0.3 is 15.0 Å². The molecule has 2 fully saturated rings. The molecule has 4 rings (SSSR count). The van der Waals surface area contributed by atoms with Crippen molar-refractivity contribution in [2.24, 2.45) is 0 Å². The van der Waals surface area contributed by atoms with Gasteiger partial charge in [-0.15, -0.1) is 0 Å². The molecule has 0 bridgehead atoms. The number of benzene rings is 1. The molecule has 1 atom stereocenters. The van der Waals surface area contributed by atoms with Crippen LogP contribution in [0.3, 0.4) is 0 Å². The summed E-state index contributed by atoms with van der Waals surface area (Å²) in [6, 6.07) is 7.53. The zero-order valence-corrected chi connectivity index (χ0v) is 17.0. The van der Waals surface area contributed by atoms with Crippen LogP contribution in [0.25, 0.3) is 0 Å². The Morgan fingerprint density at radius 2 is 1.97 bits per heavy atom. The van der Waals surface area contributed by atoms with Crippen LogP contribution in [0.5, 0.6) is 5.75 Å². The number of aryl methyl sites for hydroxylation is 2. The van der Waals surface area contributed by atoms with E-state index in [-0.39, 0.29) is 17.9 Å². The summed E-state index contributed by atoms with van der Waals surface area (Å²) in [6.07, 6.45) is 7.20. The van der Waals surface area contributed by atoms with Gasteiger partial charge in [-0.2, -0.15) is 0 Å². The van der Waals surface area contributed by atoms with Gasteiger partial charge in [0.05, 0.1) is 0 Å². The first kappa shape index (κ1) is 19.4. The lowest BCUT2D eigenvalue weighted by molar-refractivity contribution is -0.125. The number of nitrogens with zero attached hydrogens (tertiary/aromatic N) is 2. The van der Waals surface area contributed by atoms with Gasteiger partial charge >= 0.3 is 0 Å². The second kappa shape index (κ2) is 8.23. The Labute approximate surface area is 171 Å². The molecule has 6 nitrogen and oxygen atoms in total. The normalized spacial score (nSPS) is 18.6. The van der Waals surface area contributed by atoms with Gasteiger partial charge in [-0.25, -0.2) is 0 Å². The number of carbonyl (C=O) groups excluding carboxylic acids is 2. The van der Waals surface area contributed by atoms with E-state index < -0.39 is 0 Å². The Morgan fingerprint density at radius 1 is 1.21 bits per heavy atom. The fraction of sp³-hybridized carbons (Fsp3) is 0.435. The van der Waals surface area contributed by atoms with E-state index in [0.29, 0.717) is 24.8 Å². The lowest BCUT2D eigenvalue weighted by atomic mass is 10.0. The van der Waals surface area contributed by atoms with Crippen molar-refractivity contribution in [2.75, 3.05) is 6.54 Å². The lowest BCUT2D eigenvalue weighted by Gasteiger charge is -2.25. The molecule has 1 aliphatic heterocycles. The third kappa shape index (κ3) is 4.42. The number of hydrogen-bond donors (Lipinski definition) is 1. The van der Waals surface area contributed by atoms with Crippen LogP contribution in [0.2, 0.25) is 0 Å². The summed E-state index contributed by atoms with van der Waals surface area (Å²) in [4.78, 5) is 31.5. The molecule has 1 unspecified atom stereocenters. The van der Waals surface area contributed by atoms with Crippen LogP contribution in [-0.2, 0) is 11.4 Å². The number of carbonyl (C=O) groups is 2. The maximum absolute atomic E-state index is 13.2. The number of aromatic nitrogens is 1. The van der Waals surface area contributed by atoms with Crippen molar-refractivity contribution in [2.45, 2.75) is 58.2 Å². The average molecular weight is 393 g/mol. The summed E-state index contributed by atoms with van der Waals surface area (Å²) in [5.41, 5.74) is 3.43. The second-order valence-electron chi connectivity index (χ2n) is 8.03. The van der Waals surface area contributed by atoms with E-state index in [1.807, 2.05) is 38.1 Å². The zero-order chi connectivity index (χ0) is 20.4. The Balaban J connectivity index is 1.47. The molecule has 0 radical (unpaired) electrons. The predicted octanol–water partition coefficient (Wildman–Crippen LogP) is 3.16. The molecule has 1 N–H and O–H groups in total. The Hall–Kier alpha value is -2.89. The Kier molecular flexibility index (Phi) is 5.51. The van der Waals surface area contributed by atoms with E-state index >= 15 is 0 Å². The highest BCUT2D eigenvalue weighted by Crippen LogP contribution is 2.28. The summed E-state index contributed by atoms with van der Waals surface area (Å²) in [7, 11) is 0. The fourth-order valence-corrected chi connectivity index (χ4v) is 3.91. The molecule has 29 heavy (non-hydrogen) atoms. The second-order valence-corrected chi connectivity index (χ2v) is 8.03. The maximum Gasteiger partial charge on any atom is 0.254 e. The molecule has 152 valence electrons. The van der Waals surface area contributed by atoms with Crippen LogP contribution in [-0.4, -0.2) is 40.3 Å². The summed E-state index contributed by atoms with van der Waals surface area (Å²) < 4.78 is 5.99. The predicted molar refractivity (Wildman–Crippen MR) is 110 cm³/mol. The fourth-order valence-electron chi connectivity index (χ4n) is 3.91. The molecule has 1 saturated carbocycles. The molecular weight excluding hydrogens is 366 g/mol. The van der Waals surface area contributed by atoms with E-state index in [9.17, 15) is 9.59 Å². The molecular formula is C23H27N3O3. The summed E-state index contributed by atoms with van der Waals surface area (Å²) in [5.74, 6) is 0.696. The van der Waals surface area contributed by atoms with Crippen LogP contribution in [0, 0.1) is 13.8 Å². The van der Waals surface area contributed by atoms with E-state index in [0.717, 1.165) is 48.1 Å². The number of ether oxygens (including phenoxy) is 1. The quantitative estimate of drug-likeness (QED) is 0.818. The smallest absolute Gasteiger partial charge is 0.254 e. The van der Waals surface area contributed by atoms with Crippen molar-refractivity contribution in [3.8, 4) is 5.75 Å². The lowest BCUT2D eigenvalue weighted by Crippen LogP contribution is -2.46. The molecule has 2 aromatic rings. The number of pyridine rings is 1. The van der Waals surface area contributed by atoms with Crippen molar-refractivity contribution < 1.29 is 14.3 Å². The van der Waals surface area contributed by atoms with Crippen LogP contribution in [0.4, 0.5) is 0 Å². The highest BCUT2D eigenvalue weighted by molar-refractivity contribution is 5.98. The summed E-state index contributed by atoms with van der Waals surface area (Å²) >= 11 is 0. The summed E-state index contributed by atoms with van der Waals surface area (Å²) in [6.45, 7) is 4.95. The van der Waals surface area contributed by atoms with Crippen molar-refractivity contribution in [1.29, 1.82) is 0 Å². The SMILES string of the molecule is Cc1cc(C(=O)N2CCCC2C(=O)NC2CC2)cc(C)c1OCc1cccnc1. The minimum Gasteiger partial charge on any atom is -0.488 e. The van der Waals surface area contributed by atoms with Crippen molar-refractivity contribution in [3.05, 3.63) is 58.9 Å². The molecule has 1 saturated heterocycles. The van der Waals surface area contributed by atoms with Gasteiger partial charge in [0.15, 0.2) is 0 Å². The maximum atomic E-state index is 13.2. The summed E-state index contributed by atoms with van der Waals surface area (Å²) in [5, 5.41) is 3.04.